The zero-order chi connectivity index (χ0) is 13.9. The van der Waals surface area contributed by atoms with Crippen LogP contribution in [0.25, 0.3) is 0 Å². The van der Waals surface area contributed by atoms with E-state index in [-0.39, 0.29) is 28.9 Å². The highest BCUT2D eigenvalue weighted by Gasteiger charge is 2.29. The second kappa shape index (κ2) is 7.09. The highest BCUT2D eigenvalue weighted by atomic mass is 35.5. The van der Waals surface area contributed by atoms with Crippen molar-refractivity contribution in [2.75, 3.05) is 6.54 Å². The van der Waals surface area contributed by atoms with E-state index in [4.69, 9.17) is 17.3 Å². The van der Waals surface area contributed by atoms with Gasteiger partial charge in [-0.3, -0.25) is 0 Å². The molecular weight excluding hydrogens is 319 g/mol. The normalized spacial score (nSPS) is 18.3. The molecule has 1 fully saturated rings. The molecule has 1 saturated carbocycles. The van der Waals surface area contributed by atoms with Crippen molar-refractivity contribution in [1.29, 1.82) is 0 Å². The van der Waals surface area contributed by atoms with E-state index in [1.165, 1.54) is 12.5 Å². The number of hydrogen-bond donors (Lipinski definition) is 2. The van der Waals surface area contributed by atoms with Crippen molar-refractivity contribution < 1.29 is 8.42 Å². The van der Waals surface area contributed by atoms with Gasteiger partial charge in [-0.05, 0) is 25.0 Å². The molecular formula is C13H20Cl2N2O2S. The molecule has 114 valence electrons. The van der Waals surface area contributed by atoms with Gasteiger partial charge in [-0.25, -0.2) is 13.1 Å². The minimum Gasteiger partial charge on any atom is -0.324 e. The van der Waals surface area contributed by atoms with Gasteiger partial charge >= 0.3 is 0 Å². The summed E-state index contributed by atoms with van der Waals surface area (Å²) in [6.45, 7) is 0.264. The zero-order valence-electron chi connectivity index (χ0n) is 11.1. The van der Waals surface area contributed by atoms with Crippen LogP contribution in [0.4, 0.5) is 0 Å². The lowest BCUT2D eigenvalue weighted by Gasteiger charge is -2.33. The third-order valence-electron chi connectivity index (χ3n) is 3.59. The molecule has 0 heterocycles. The fourth-order valence-electron chi connectivity index (χ4n) is 2.41. The fourth-order valence-corrected chi connectivity index (χ4v) is 4.07. The molecule has 1 aromatic carbocycles. The fraction of sp³-hybridized carbons (Fsp3) is 0.538. The van der Waals surface area contributed by atoms with E-state index in [2.05, 4.69) is 4.72 Å². The lowest BCUT2D eigenvalue weighted by molar-refractivity contribution is 0.296. The molecule has 7 heteroatoms. The summed E-state index contributed by atoms with van der Waals surface area (Å²) in [4.78, 5) is 0.107. The Labute approximate surface area is 131 Å². The Morgan fingerprint density at radius 3 is 2.40 bits per heavy atom. The quantitative estimate of drug-likeness (QED) is 0.886. The molecule has 0 saturated heterocycles. The van der Waals surface area contributed by atoms with Crippen molar-refractivity contribution in [3.8, 4) is 0 Å². The summed E-state index contributed by atoms with van der Waals surface area (Å²) in [5.41, 5.74) is 5.80. The van der Waals surface area contributed by atoms with E-state index in [0.29, 0.717) is 0 Å². The number of rotatable bonds is 4. The SMILES string of the molecule is Cl.NC1(CNS(=O)(=O)c2ccccc2Cl)CCCCC1. The summed E-state index contributed by atoms with van der Waals surface area (Å²) in [5, 5.41) is 0.227. The van der Waals surface area contributed by atoms with Gasteiger partial charge in [-0.2, -0.15) is 0 Å². The summed E-state index contributed by atoms with van der Waals surface area (Å²) in [7, 11) is -3.59. The van der Waals surface area contributed by atoms with Gasteiger partial charge in [0.05, 0.1) is 5.02 Å². The van der Waals surface area contributed by atoms with E-state index < -0.39 is 15.6 Å². The maximum Gasteiger partial charge on any atom is 0.242 e. The topological polar surface area (TPSA) is 72.2 Å². The monoisotopic (exact) mass is 338 g/mol. The van der Waals surface area contributed by atoms with Crippen molar-refractivity contribution in [2.45, 2.75) is 42.5 Å². The first-order valence-electron chi connectivity index (χ1n) is 6.46. The van der Waals surface area contributed by atoms with Crippen molar-refractivity contribution in [3.05, 3.63) is 29.3 Å². The van der Waals surface area contributed by atoms with Crippen LogP contribution in [0.3, 0.4) is 0 Å². The zero-order valence-corrected chi connectivity index (χ0v) is 13.5. The number of nitrogens with two attached hydrogens (primary N) is 1. The van der Waals surface area contributed by atoms with E-state index in [1.54, 1.807) is 18.2 Å². The summed E-state index contributed by atoms with van der Waals surface area (Å²) in [5.74, 6) is 0. The maximum absolute atomic E-state index is 12.2. The Bertz CT molecular complexity index is 543. The van der Waals surface area contributed by atoms with E-state index in [9.17, 15) is 8.42 Å². The van der Waals surface area contributed by atoms with Crippen LogP contribution >= 0.6 is 24.0 Å². The Morgan fingerprint density at radius 1 is 1.20 bits per heavy atom. The Balaban J connectivity index is 0.00000200. The summed E-state index contributed by atoms with van der Waals surface area (Å²) < 4.78 is 27.0. The van der Waals surface area contributed by atoms with E-state index >= 15 is 0 Å². The van der Waals surface area contributed by atoms with Crippen LogP contribution in [0.15, 0.2) is 29.2 Å². The van der Waals surface area contributed by atoms with Crippen molar-refractivity contribution >= 4 is 34.0 Å². The standard InChI is InChI=1S/C13H19ClN2O2S.ClH/c14-11-6-2-3-7-12(11)19(17,18)16-10-13(15)8-4-1-5-9-13;/h2-3,6-7,16H,1,4-5,8-10,15H2;1H. The van der Waals surface area contributed by atoms with Crippen LogP contribution in [0.5, 0.6) is 0 Å². The molecule has 4 nitrogen and oxygen atoms in total. The second-order valence-corrected chi connectivity index (χ2v) is 7.32. The first-order valence-corrected chi connectivity index (χ1v) is 8.32. The van der Waals surface area contributed by atoms with Gasteiger partial charge in [0.1, 0.15) is 4.90 Å². The van der Waals surface area contributed by atoms with Crippen molar-refractivity contribution in [2.24, 2.45) is 5.73 Å². The minimum atomic E-state index is -3.59. The summed E-state index contributed by atoms with van der Waals surface area (Å²) in [6.07, 6.45) is 5.01. The highest BCUT2D eigenvalue weighted by Crippen LogP contribution is 2.26. The summed E-state index contributed by atoms with van der Waals surface area (Å²) in [6, 6.07) is 6.41. The largest absolute Gasteiger partial charge is 0.324 e. The van der Waals surface area contributed by atoms with Crippen LogP contribution in [0, 0.1) is 0 Å². The molecule has 1 aromatic rings. The van der Waals surface area contributed by atoms with Gasteiger partial charge in [0.15, 0.2) is 0 Å². The Kier molecular flexibility index (Phi) is 6.28. The number of hydrogen-bond acceptors (Lipinski definition) is 3. The predicted molar refractivity (Wildman–Crippen MR) is 83.9 cm³/mol. The molecule has 20 heavy (non-hydrogen) atoms. The Hall–Kier alpha value is -0.330. The van der Waals surface area contributed by atoms with E-state index in [0.717, 1.165) is 25.7 Å². The number of sulfonamides is 1. The molecule has 0 aliphatic heterocycles. The highest BCUT2D eigenvalue weighted by molar-refractivity contribution is 7.89. The third kappa shape index (κ3) is 4.33. The molecule has 0 radical (unpaired) electrons. The van der Waals surface area contributed by atoms with Crippen molar-refractivity contribution in [3.63, 3.8) is 0 Å². The molecule has 0 atom stereocenters. The van der Waals surface area contributed by atoms with Crippen LogP contribution in [0.2, 0.25) is 5.02 Å². The van der Waals surface area contributed by atoms with Gasteiger partial charge in [0.2, 0.25) is 10.0 Å². The lowest BCUT2D eigenvalue weighted by atomic mass is 9.83. The minimum absolute atomic E-state index is 0. The molecule has 1 aliphatic rings. The molecule has 3 N–H and O–H groups in total. The number of halogens is 2. The molecule has 0 bridgehead atoms. The van der Waals surface area contributed by atoms with Crippen LogP contribution in [0.1, 0.15) is 32.1 Å². The van der Waals surface area contributed by atoms with Crippen LogP contribution < -0.4 is 10.5 Å². The molecule has 0 amide bonds. The first-order chi connectivity index (χ1) is 8.93. The number of nitrogens with one attached hydrogen (secondary N) is 1. The van der Waals surface area contributed by atoms with Gasteiger partial charge in [0.25, 0.3) is 0 Å². The van der Waals surface area contributed by atoms with Gasteiger partial charge in [-0.15, -0.1) is 12.4 Å². The smallest absolute Gasteiger partial charge is 0.242 e. The predicted octanol–water partition coefficient (Wildman–Crippen LogP) is 2.70. The van der Waals surface area contributed by atoms with E-state index in [1.807, 2.05) is 0 Å². The van der Waals surface area contributed by atoms with Crippen LogP contribution in [-0.2, 0) is 10.0 Å². The third-order valence-corrected chi connectivity index (χ3v) is 5.49. The van der Waals surface area contributed by atoms with Crippen LogP contribution in [-0.4, -0.2) is 20.5 Å². The van der Waals surface area contributed by atoms with Gasteiger partial charge in [-0.1, -0.05) is 43.0 Å². The number of benzene rings is 1. The first kappa shape index (κ1) is 17.7. The maximum atomic E-state index is 12.2. The average Bonchev–Trinajstić information content (AvgIpc) is 2.38. The molecule has 0 spiro atoms. The van der Waals surface area contributed by atoms with Gasteiger partial charge in [0, 0.05) is 12.1 Å². The van der Waals surface area contributed by atoms with Gasteiger partial charge < -0.3 is 5.73 Å². The summed E-state index contributed by atoms with van der Waals surface area (Å²) >= 11 is 5.91. The van der Waals surface area contributed by atoms with Crippen molar-refractivity contribution in [1.82, 2.24) is 4.72 Å². The Morgan fingerprint density at radius 2 is 1.80 bits per heavy atom. The lowest BCUT2D eigenvalue weighted by Crippen LogP contribution is -2.51. The molecule has 0 aromatic heterocycles. The average molecular weight is 339 g/mol. The molecule has 1 aliphatic carbocycles. The molecule has 0 unspecified atom stereocenters. The second-order valence-electron chi connectivity index (χ2n) is 5.18. The molecule has 2 rings (SSSR count).